The van der Waals surface area contributed by atoms with Crippen LogP contribution in [0.2, 0.25) is 0 Å². The van der Waals surface area contributed by atoms with Crippen molar-refractivity contribution in [1.29, 1.82) is 0 Å². The highest BCUT2D eigenvalue weighted by Crippen LogP contribution is 2.18. The Labute approximate surface area is 117 Å². The van der Waals surface area contributed by atoms with Crippen molar-refractivity contribution in [3.63, 3.8) is 0 Å². The quantitative estimate of drug-likeness (QED) is 0.910. The molecule has 20 heavy (non-hydrogen) atoms. The first kappa shape index (κ1) is 14.2. The number of aromatic nitrogens is 1. The van der Waals surface area contributed by atoms with Crippen LogP contribution in [0.4, 0.5) is 4.39 Å². The van der Waals surface area contributed by atoms with E-state index < -0.39 is 0 Å². The molecule has 0 saturated carbocycles. The van der Waals surface area contributed by atoms with Gasteiger partial charge in [0.2, 0.25) is 0 Å². The van der Waals surface area contributed by atoms with Crippen LogP contribution in [0.3, 0.4) is 0 Å². The van der Waals surface area contributed by atoms with Gasteiger partial charge < -0.3 is 5.32 Å². The van der Waals surface area contributed by atoms with Crippen molar-refractivity contribution in [3.05, 3.63) is 54.0 Å². The maximum atomic E-state index is 12.9. The fourth-order valence-corrected chi connectivity index (χ4v) is 1.76. The van der Waals surface area contributed by atoms with Gasteiger partial charge in [0.15, 0.2) is 0 Å². The summed E-state index contributed by atoms with van der Waals surface area (Å²) in [4.78, 5) is 16.3. The molecule has 0 saturated heterocycles. The smallest absolute Gasteiger partial charge is 0.251 e. The summed E-state index contributed by atoms with van der Waals surface area (Å²) in [7, 11) is 0. The molecule has 2 rings (SSSR count). The summed E-state index contributed by atoms with van der Waals surface area (Å²) in [6, 6.07) is 9.40. The van der Waals surface area contributed by atoms with Gasteiger partial charge in [-0.15, -0.1) is 0 Å². The van der Waals surface area contributed by atoms with E-state index in [1.54, 1.807) is 30.5 Å². The van der Waals surface area contributed by atoms with Crippen molar-refractivity contribution >= 4 is 5.91 Å². The van der Waals surface area contributed by atoms with Crippen molar-refractivity contribution < 1.29 is 9.18 Å². The summed E-state index contributed by atoms with van der Waals surface area (Å²) in [5.41, 5.74) is 1.66. The van der Waals surface area contributed by atoms with Gasteiger partial charge in [0.25, 0.3) is 5.91 Å². The largest absolute Gasteiger partial charge is 0.347 e. The molecule has 2 aromatic rings. The summed E-state index contributed by atoms with van der Waals surface area (Å²) in [6.07, 6.45) is 1.58. The fourth-order valence-electron chi connectivity index (χ4n) is 1.76. The predicted molar refractivity (Wildman–Crippen MR) is 76.9 cm³/mol. The Morgan fingerprint density at radius 2 is 1.80 bits per heavy atom. The first-order valence-corrected chi connectivity index (χ1v) is 6.40. The first-order chi connectivity index (χ1) is 9.35. The molecule has 1 heterocycles. The fraction of sp³-hybridized carbons (Fsp3) is 0.250. The molecule has 1 N–H and O–H groups in total. The van der Waals surface area contributed by atoms with E-state index in [1.165, 1.54) is 12.1 Å². The number of pyridine rings is 1. The lowest BCUT2D eigenvalue weighted by atomic mass is 10.1. The number of hydrogen-bond donors (Lipinski definition) is 1. The number of halogens is 1. The van der Waals surface area contributed by atoms with Gasteiger partial charge >= 0.3 is 0 Å². The molecule has 0 aliphatic carbocycles. The molecule has 1 amide bonds. The first-order valence-electron chi connectivity index (χ1n) is 6.40. The van der Waals surface area contributed by atoms with Crippen molar-refractivity contribution in [2.45, 2.75) is 26.3 Å². The number of amides is 1. The number of benzene rings is 1. The summed E-state index contributed by atoms with van der Waals surface area (Å²) in [5.74, 6) is -0.446. The monoisotopic (exact) mass is 272 g/mol. The van der Waals surface area contributed by atoms with Crippen molar-refractivity contribution in [2.24, 2.45) is 0 Å². The molecule has 104 valence electrons. The molecule has 0 aliphatic rings. The lowest BCUT2D eigenvalue weighted by Gasteiger charge is -2.20. The molecule has 0 spiro atoms. The minimum Gasteiger partial charge on any atom is -0.347 e. The molecule has 3 nitrogen and oxygen atoms in total. The molecule has 0 bridgehead atoms. The highest BCUT2D eigenvalue weighted by Gasteiger charge is 2.15. The minimum absolute atomic E-state index is 0.150. The Hall–Kier alpha value is -2.23. The molecule has 1 aromatic carbocycles. The van der Waals surface area contributed by atoms with Gasteiger partial charge in [0.05, 0.1) is 5.69 Å². The van der Waals surface area contributed by atoms with Crippen LogP contribution < -0.4 is 5.32 Å². The SMILES string of the molecule is CC(C)(C)NC(=O)c1ccnc(-c2ccc(F)cc2)c1. The molecule has 1 aromatic heterocycles. The predicted octanol–water partition coefficient (Wildman–Crippen LogP) is 3.42. The normalized spacial score (nSPS) is 11.2. The van der Waals surface area contributed by atoms with Crippen LogP contribution in [0, 0.1) is 5.82 Å². The zero-order valence-corrected chi connectivity index (χ0v) is 11.8. The van der Waals surface area contributed by atoms with E-state index in [1.807, 2.05) is 20.8 Å². The number of carbonyl (C=O) groups excluding carboxylic acids is 1. The van der Waals surface area contributed by atoms with Gasteiger partial charge in [-0.1, -0.05) is 0 Å². The van der Waals surface area contributed by atoms with Gasteiger partial charge in [-0.25, -0.2) is 4.39 Å². The highest BCUT2D eigenvalue weighted by molar-refractivity contribution is 5.95. The lowest BCUT2D eigenvalue weighted by Crippen LogP contribution is -2.40. The van der Waals surface area contributed by atoms with E-state index >= 15 is 0 Å². The average Bonchev–Trinajstić information content (AvgIpc) is 2.38. The Bertz CT molecular complexity index is 615. The van der Waals surface area contributed by atoms with Crippen molar-refractivity contribution in [3.8, 4) is 11.3 Å². The number of rotatable bonds is 2. The van der Waals surface area contributed by atoms with Gasteiger partial charge in [-0.2, -0.15) is 0 Å². The van der Waals surface area contributed by atoms with Crippen molar-refractivity contribution in [1.82, 2.24) is 10.3 Å². The van der Waals surface area contributed by atoms with Crippen LogP contribution in [0.25, 0.3) is 11.3 Å². The van der Waals surface area contributed by atoms with E-state index in [4.69, 9.17) is 0 Å². The molecule has 0 atom stereocenters. The van der Waals surface area contributed by atoms with E-state index in [-0.39, 0.29) is 17.3 Å². The second-order valence-electron chi connectivity index (χ2n) is 5.64. The topological polar surface area (TPSA) is 42.0 Å². The lowest BCUT2D eigenvalue weighted by molar-refractivity contribution is 0.0919. The standard InChI is InChI=1S/C16H17FN2O/c1-16(2,3)19-15(20)12-8-9-18-14(10-12)11-4-6-13(17)7-5-11/h4-10H,1-3H3,(H,19,20). The third-order valence-electron chi connectivity index (χ3n) is 2.65. The maximum absolute atomic E-state index is 12.9. The van der Waals surface area contributed by atoms with Crippen LogP contribution in [-0.2, 0) is 0 Å². The van der Waals surface area contributed by atoms with Gasteiger partial charge in [-0.3, -0.25) is 9.78 Å². The molecule has 4 heteroatoms. The van der Waals surface area contributed by atoms with Crippen LogP contribution in [0.1, 0.15) is 31.1 Å². The Balaban J connectivity index is 2.28. The Morgan fingerprint density at radius 1 is 1.15 bits per heavy atom. The summed E-state index contributed by atoms with van der Waals surface area (Å²) in [6.45, 7) is 5.77. The second kappa shape index (κ2) is 5.41. The average molecular weight is 272 g/mol. The summed E-state index contributed by atoms with van der Waals surface area (Å²) >= 11 is 0. The molecular formula is C16H17FN2O. The molecular weight excluding hydrogens is 255 g/mol. The van der Waals surface area contributed by atoms with Crippen LogP contribution in [0.15, 0.2) is 42.6 Å². The number of hydrogen-bond acceptors (Lipinski definition) is 2. The number of carbonyl (C=O) groups is 1. The number of nitrogens with one attached hydrogen (secondary N) is 1. The molecule has 0 radical (unpaired) electrons. The van der Waals surface area contributed by atoms with Gasteiger partial charge in [-0.05, 0) is 57.2 Å². The highest BCUT2D eigenvalue weighted by atomic mass is 19.1. The maximum Gasteiger partial charge on any atom is 0.251 e. The van der Waals surface area contributed by atoms with Crippen LogP contribution >= 0.6 is 0 Å². The van der Waals surface area contributed by atoms with E-state index in [9.17, 15) is 9.18 Å². The van der Waals surface area contributed by atoms with E-state index in [2.05, 4.69) is 10.3 Å². The van der Waals surface area contributed by atoms with E-state index in [0.717, 1.165) is 5.56 Å². The zero-order chi connectivity index (χ0) is 14.8. The summed E-state index contributed by atoms with van der Waals surface area (Å²) < 4.78 is 12.9. The Kier molecular flexibility index (Phi) is 3.84. The van der Waals surface area contributed by atoms with Crippen molar-refractivity contribution in [2.75, 3.05) is 0 Å². The second-order valence-corrected chi connectivity index (χ2v) is 5.64. The summed E-state index contributed by atoms with van der Waals surface area (Å²) in [5, 5.41) is 2.90. The zero-order valence-electron chi connectivity index (χ0n) is 11.8. The third kappa shape index (κ3) is 3.63. The number of nitrogens with zero attached hydrogens (tertiary/aromatic N) is 1. The van der Waals surface area contributed by atoms with Gasteiger partial charge in [0, 0.05) is 22.9 Å². The third-order valence-corrected chi connectivity index (χ3v) is 2.65. The Morgan fingerprint density at radius 3 is 2.40 bits per heavy atom. The van der Waals surface area contributed by atoms with E-state index in [0.29, 0.717) is 11.3 Å². The van der Waals surface area contributed by atoms with Crippen LogP contribution in [-0.4, -0.2) is 16.4 Å². The minimum atomic E-state index is -0.296. The molecule has 0 aliphatic heterocycles. The van der Waals surface area contributed by atoms with Crippen LogP contribution in [0.5, 0.6) is 0 Å². The molecule has 0 unspecified atom stereocenters. The molecule has 0 fully saturated rings. The van der Waals surface area contributed by atoms with Gasteiger partial charge in [0.1, 0.15) is 5.82 Å².